The van der Waals surface area contributed by atoms with Crippen molar-refractivity contribution < 1.29 is 14.6 Å². The highest BCUT2D eigenvalue weighted by Crippen LogP contribution is 2.25. The molecule has 2 rings (SSSR count). The molecule has 104 valence electrons. The number of aromatic nitrogens is 1. The van der Waals surface area contributed by atoms with Gasteiger partial charge in [0.1, 0.15) is 5.69 Å². The molecule has 1 aliphatic rings. The second-order valence-corrected chi connectivity index (χ2v) is 4.61. The van der Waals surface area contributed by atoms with Crippen LogP contribution in [-0.2, 0) is 4.74 Å². The van der Waals surface area contributed by atoms with Crippen molar-refractivity contribution in [3.8, 4) is 0 Å². The molecule has 5 N–H and O–H groups in total. The van der Waals surface area contributed by atoms with Crippen LogP contribution < -0.4 is 16.4 Å². The molecule has 2 unspecified atom stereocenters. The first-order valence-corrected chi connectivity index (χ1v) is 6.08. The van der Waals surface area contributed by atoms with E-state index >= 15 is 0 Å². The van der Waals surface area contributed by atoms with Crippen molar-refractivity contribution in [1.82, 2.24) is 4.98 Å². The topological polar surface area (TPSA) is 115 Å². The largest absolute Gasteiger partial charge is 0.396 e. The predicted octanol–water partition coefficient (Wildman–Crippen LogP) is -0.651. The van der Waals surface area contributed by atoms with E-state index in [2.05, 4.69) is 4.98 Å². The molecule has 19 heavy (non-hydrogen) atoms. The molecule has 7 nitrogen and oxygen atoms in total. The minimum Gasteiger partial charge on any atom is -0.396 e. The van der Waals surface area contributed by atoms with Gasteiger partial charge >= 0.3 is 0 Å². The van der Waals surface area contributed by atoms with E-state index < -0.39 is 5.91 Å². The molecule has 2 atom stereocenters. The fraction of sp³-hybridized carbons (Fsp3) is 0.500. The van der Waals surface area contributed by atoms with Gasteiger partial charge in [0.25, 0.3) is 5.91 Å². The third-order valence-corrected chi connectivity index (χ3v) is 3.14. The van der Waals surface area contributed by atoms with E-state index in [9.17, 15) is 9.90 Å². The third kappa shape index (κ3) is 2.77. The summed E-state index contributed by atoms with van der Waals surface area (Å²) in [7, 11) is 0. The molecule has 0 aliphatic carbocycles. The maximum absolute atomic E-state index is 11.2. The number of hydrogen-bond acceptors (Lipinski definition) is 6. The number of carbonyl (C=O) groups excluding carboxylic acids is 1. The van der Waals surface area contributed by atoms with Crippen LogP contribution in [0, 0.1) is 0 Å². The van der Waals surface area contributed by atoms with E-state index in [0.29, 0.717) is 24.7 Å². The quantitative estimate of drug-likeness (QED) is 0.669. The molecule has 1 aliphatic heterocycles. The van der Waals surface area contributed by atoms with Gasteiger partial charge in [-0.2, -0.15) is 0 Å². The standard InChI is InChI=1S/C12H18N4O3/c1-7-6-19-8(5-17)4-16(7)12-9(13)2-3-10(15-12)11(14)18/h2-3,7-8,17H,4-6,13H2,1H3,(H2,14,18). The van der Waals surface area contributed by atoms with Gasteiger partial charge in [-0.25, -0.2) is 4.98 Å². The lowest BCUT2D eigenvalue weighted by Gasteiger charge is -2.38. The van der Waals surface area contributed by atoms with Crippen LogP contribution in [0.2, 0.25) is 0 Å². The number of nitrogen functional groups attached to an aromatic ring is 1. The highest BCUT2D eigenvalue weighted by atomic mass is 16.5. The molecule has 0 radical (unpaired) electrons. The number of anilines is 2. The van der Waals surface area contributed by atoms with Crippen LogP contribution in [-0.4, -0.2) is 47.9 Å². The Morgan fingerprint density at radius 2 is 2.37 bits per heavy atom. The van der Waals surface area contributed by atoms with E-state index in [-0.39, 0.29) is 24.4 Å². The van der Waals surface area contributed by atoms with Gasteiger partial charge in [0.2, 0.25) is 0 Å². The Kier molecular flexibility index (Phi) is 3.87. The molecule has 7 heteroatoms. The number of morpholine rings is 1. The summed E-state index contributed by atoms with van der Waals surface area (Å²) in [6.45, 7) is 2.83. The van der Waals surface area contributed by atoms with Crippen LogP contribution in [0.1, 0.15) is 17.4 Å². The second-order valence-electron chi connectivity index (χ2n) is 4.61. The molecule has 1 saturated heterocycles. The van der Waals surface area contributed by atoms with Crippen molar-refractivity contribution in [1.29, 1.82) is 0 Å². The number of aliphatic hydroxyl groups excluding tert-OH is 1. The Labute approximate surface area is 111 Å². The van der Waals surface area contributed by atoms with Gasteiger partial charge in [-0.15, -0.1) is 0 Å². The van der Waals surface area contributed by atoms with E-state index in [1.807, 2.05) is 11.8 Å². The Bertz CT molecular complexity index is 480. The zero-order valence-corrected chi connectivity index (χ0v) is 10.7. The maximum atomic E-state index is 11.2. The molecule has 2 heterocycles. The Balaban J connectivity index is 2.33. The lowest BCUT2D eigenvalue weighted by Crippen LogP contribution is -2.50. The number of primary amides is 1. The molecule has 0 spiro atoms. The number of ether oxygens (including phenoxy) is 1. The van der Waals surface area contributed by atoms with Crippen molar-refractivity contribution in [3.05, 3.63) is 17.8 Å². The first-order valence-electron chi connectivity index (χ1n) is 6.08. The molecule has 0 bridgehead atoms. The first kappa shape index (κ1) is 13.6. The average molecular weight is 266 g/mol. The smallest absolute Gasteiger partial charge is 0.267 e. The lowest BCUT2D eigenvalue weighted by molar-refractivity contribution is -0.0105. The van der Waals surface area contributed by atoms with Crippen molar-refractivity contribution in [2.75, 3.05) is 30.4 Å². The molecule has 1 aromatic rings. The van der Waals surface area contributed by atoms with Crippen LogP contribution >= 0.6 is 0 Å². The fourth-order valence-corrected chi connectivity index (χ4v) is 2.05. The SMILES string of the molecule is CC1COC(CO)CN1c1nc(C(N)=O)ccc1N. The van der Waals surface area contributed by atoms with Crippen molar-refractivity contribution in [3.63, 3.8) is 0 Å². The summed E-state index contributed by atoms with van der Waals surface area (Å²) in [4.78, 5) is 17.3. The third-order valence-electron chi connectivity index (χ3n) is 3.14. The molecule has 0 aromatic carbocycles. The van der Waals surface area contributed by atoms with Crippen molar-refractivity contribution in [2.24, 2.45) is 5.73 Å². The zero-order valence-electron chi connectivity index (χ0n) is 10.7. The van der Waals surface area contributed by atoms with Crippen LogP contribution in [0.3, 0.4) is 0 Å². The molecular weight excluding hydrogens is 248 g/mol. The van der Waals surface area contributed by atoms with Gasteiger partial charge in [-0.05, 0) is 19.1 Å². The number of amides is 1. The van der Waals surface area contributed by atoms with Crippen molar-refractivity contribution >= 4 is 17.4 Å². The van der Waals surface area contributed by atoms with Crippen LogP contribution in [0.4, 0.5) is 11.5 Å². The second kappa shape index (κ2) is 5.41. The molecular formula is C12H18N4O3. The average Bonchev–Trinajstić information content (AvgIpc) is 2.40. The van der Waals surface area contributed by atoms with Crippen molar-refractivity contribution in [2.45, 2.75) is 19.1 Å². The minimum atomic E-state index is -0.596. The van der Waals surface area contributed by atoms with Crippen LogP contribution in [0.15, 0.2) is 12.1 Å². The summed E-state index contributed by atoms with van der Waals surface area (Å²) in [5.74, 6) is -0.0913. The molecule has 1 amide bonds. The highest BCUT2D eigenvalue weighted by Gasteiger charge is 2.28. The highest BCUT2D eigenvalue weighted by molar-refractivity contribution is 5.91. The summed E-state index contributed by atoms with van der Waals surface area (Å²) in [5, 5.41) is 9.18. The van der Waals surface area contributed by atoms with Gasteiger partial charge in [-0.3, -0.25) is 4.79 Å². The molecule has 0 saturated carbocycles. The predicted molar refractivity (Wildman–Crippen MR) is 70.8 cm³/mol. The molecule has 1 aromatic heterocycles. The number of carbonyl (C=O) groups is 1. The van der Waals surface area contributed by atoms with Gasteiger partial charge in [0.05, 0.1) is 31.0 Å². The lowest BCUT2D eigenvalue weighted by atomic mass is 10.2. The number of nitrogens with zero attached hydrogens (tertiary/aromatic N) is 2. The van der Waals surface area contributed by atoms with Gasteiger partial charge in [-0.1, -0.05) is 0 Å². The Hall–Kier alpha value is -1.86. The normalized spacial score (nSPS) is 23.4. The van der Waals surface area contributed by atoms with E-state index in [4.69, 9.17) is 16.2 Å². The number of hydrogen-bond donors (Lipinski definition) is 3. The monoisotopic (exact) mass is 266 g/mol. The Morgan fingerprint density at radius 3 is 3.00 bits per heavy atom. The minimum absolute atomic E-state index is 0.0562. The van der Waals surface area contributed by atoms with Gasteiger partial charge < -0.3 is 26.2 Å². The van der Waals surface area contributed by atoms with E-state index in [1.54, 1.807) is 6.07 Å². The zero-order chi connectivity index (χ0) is 14.0. The van der Waals surface area contributed by atoms with E-state index in [0.717, 1.165) is 0 Å². The van der Waals surface area contributed by atoms with Gasteiger partial charge in [0, 0.05) is 6.54 Å². The number of rotatable bonds is 3. The number of aliphatic hydroxyl groups is 1. The van der Waals surface area contributed by atoms with Gasteiger partial charge in [0.15, 0.2) is 5.82 Å². The summed E-state index contributed by atoms with van der Waals surface area (Å²) in [6.07, 6.45) is -0.283. The summed E-state index contributed by atoms with van der Waals surface area (Å²) in [6, 6.07) is 3.16. The van der Waals surface area contributed by atoms with E-state index in [1.165, 1.54) is 6.07 Å². The maximum Gasteiger partial charge on any atom is 0.267 e. The van der Waals surface area contributed by atoms with Crippen LogP contribution in [0.5, 0.6) is 0 Å². The fourth-order valence-electron chi connectivity index (χ4n) is 2.05. The van der Waals surface area contributed by atoms with Crippen LogP contribution in [0.25, 0.3) is 0 Å². The number of pyridine rings is 1. The number of nitrogens with two attached hydrogens (primary N) is 2. The molecule has 1 fully saturated rings. The Morgan fingerprint density at radius 1 is 1.63 bits per heavy atom. The summed E-state index contributed by atoms with van der Waals surface area (Å²) in [5.41, 5.74) is 11.8. The summed E-state index contributed by atoms with van der Waals surface area (Å²) < 4.78 is 5.46. The first-order chi connectivity index (χ1) is 9.02. The summed E-state index contributed by atoms with van der Waals surface area (Å²) >= 11 is 0.